The van der Waals surface area contributed by atoms with E-state index in [9.17, 15) is 18.4 Å². The maximum Gasteiger partial charge on any atom is 0.224 e. The van der Waals surface area contributed by atoms with Gasteiger partial charge in [0.2, 0.25) is 11.8 Å². The Morgan fingerprint density at radius 3 is 2.44 bits per heavy atom. The van der Waals surface area contributed by atoms with Crippen LogP contribution in [-0.2, 0) is 16.0 Å². The Morgan fingerprint density at radius 2 is 1.80 bits per heavy atom. The number of anilines is 1. The van der Waals surface area contributed by atoms with E-state index in [1.54, 1.807) is 0 Å². The minimum atomic E-state index is -1.02. The van der Waals surface area contributed by atoms with E-state index in [2.05, 4.69) is 5.32 Å². The smallest absolute Gasteiger partial charge is 0.224 e. The Kier molecular flexibility index (Phi) is 6.22. The van der Waals surface area contributed by atoms with Crippen molar-refractivity contribution >= 4 is 17.5 Å². The van der Waals surface area contributed by atoms with Crippen molar-refractivity contribution < 1.29 is 18.4 Å². The molecule has 0 unspecified atom stereocenters. The number of rotatable bonds is 6. The highest BCUT2D eigenvalue weighted by molar-refractivity contribution is 5.91. The first-order valence-corrected chi connectivity index (χ1v) is 7.93. The maximum atomic E-state index is 13.4. The van der Waals surface area contributed by atoms with Crippen molar-refractivity contribution in [3.63, 3.8) is 0 Å². The fourth-order valence-corrected chi connectivity index (χ4v) is 2.47. The molecule has 0 aromatic heterocycles. The van der Waals surface area contributed by atoms with Crippen LogP contribution >= 0.6 is 0 Å². The number of carbonyl (C=O) groups is 2. The molecule has 2 amide bonds. The van der Waals surface area contributed by atoms with E-state index in [1.165, 1.54) is 17.9 Å². The molecule has 1 N–H and O–H groups in total. The van der Waals surface area contributed by atoms with Crippen molar-refractivity contribution in [2.45, 2.75) is 20.3 Å². The van der Waals surface area contributed by atoms with Gasteiger partial charge in [-0.1, -0.05) is 24.3 Å². The standard InChI is InChI=1S/C19H20F2N2O2/c1-13-5-3-4-6-15(13)11-19(25)22-9-10-23(14(2)24)16-7-8-17(20)18(21)12-16/h3-8,12H,9-11H2,1-2H3,(H,22,25). The normalized spacial score (nSPS) is 10.4. The summed E-state index contributed by atoms with van der Waals surface area (Å²) in [6, 6.07) is 10.9. The summed E-state index contributed by atoms with van der Waals surface area (Å²) >= 11 is 0. The monoisotopic (exact) mass is 346 g/mol. The highest BCUT2D eigenvalue weighted by Gasteiger charge is 2.14. The Bertz CT molecular complexity index is 778. The topological polar surface area (TPSA) is 49.4 Å². The Balaban J connectivity index is 1.93. The summed E-state index contributed by atoms with van der Waals surface area (Å²) in [6.45, 7) is 3.64. The fourth-order valence-electron chi connectivity index (χ4n) is 2.47. The SMILES string of the molecule is CC(=O)N(CCNC(=O)Cc1ccccc1C)c1ccc(F)c(F)c1. The number of hydrogen-bond donors (Lipinski definition) is 1. The molecular formula is C19H20F2N2O2. The van der Waals surface area contributed by atoms with Gasteiger partial charge >= 0.3 is 0 Å². The third-order valence-electron chi connectivity index (χ3n) is 3.86. The number of aryl methyl sites for hydroxylation is 1. The van der Waals surface area contributed by atoms with Crippen LogP contribution in [0.25, 0.3) is 0 Å². The van der Waals surface area contributed by atoms with Crippen molar-refractivity contribution in [1.29, 1.82) is 0 Å². The van der Waals surface area contributed by atoms with Crippen LogP contribution in [-0.4, -0.2) is 24.9 Å². The third-order valence-corrected chi connectivity index (χ3v) is 3.86. The fraction of sp³-hybridized carbons (Fsp3) is 0.263. The van der Waals surface area contributed by atoms with Gasteiger partial charge in [0.15, 0.2) is 11.6 Å². The van der Waals surface area contributed by atoms with Crippen molar-refractivity contribution in [2.75, 3.05) is 18.0 Å². The molecule has 0 aliphatic rings. The number of halogens is 2. The number of benzene rings is 2. The summed E-state index contributed by atoms with van der Waals surface area (Å²) in [5.41, 5.74) is 2.22. The summed E-state index contributed by atoms with van der Waals surface area (Å²) in [5.74, 6) is -2.48. The lowest BCUT2D eigenvalue weighted by Crippen LogP contribution is -2.38. The molecule has 2 rings (SSSR count). The molecule has 0 atom stereocenters. The summed E-state index contributed by atoms with van der Waals surface area (Å²) in [6.07, 6.45) is 0.248. The molecule has 2 aromatic rings. The van der Waals surface area contributed by atoms with Gasteiger partial charge in [-0.25, -0.2) is 8.78 Å². The number of carbonyl (C=O) groups excluding carboxylic acids is 2. The molecule has 0 spiro atoms. The lowest BCUT2D eigenvalue weighted by Gasteiger charge is -2.21. The maximum absolute atomic E-state index is 13.4. The lowest BCUT2D eigenvalue weighted by molar-refractivity contribution is -0.121. The average Bonchev–Trinajstić information content (AvgIpc) is 2.56. The molecule has 0 aliphatic carbocycles. The summed E-state index contributed by atoms with van der Waals surface area (Å²) in [7, 11) is 0. The molecule has 0 fully saturated rings. The van der Waals surface area contributed by atoms with E-state index in [0.29, 0.717) is 0 Å². The Hall–Kier alpha value is -2.76. The van der Waals surface area contributed by atoms with Crippen molar-refractivity contribution in [3.05, 3.63) is 65.2 Å². The zero-order chi connectivity index (χ0) is 18.4. The third kappa shape index (κ3) is 5.11. The molecule has 0 aliphatic heterocycles. The average molecular weight is 346 g/mol. The van der Waals surface area contributed by atoms with E-state index in [0.717, 1.165) is 23.3 Å². The van der Waals surface area contributed by atoms with Crippen LogP contribution < -0.4 is 10.2 Å². The van der Waals surface area contributed by atoms with Gasteiger partial charge in [-0.05, 0) is 30.2 Å². The number of amides is 2. The van der Waals surface area contributed by atoms with Gasteiger partial charge in [0.1, 0.15) is 0 Å². The minimum Gasteiger partial charge on any atom is -0.354 e. The largest absolute Gasteiger partial charge is 0.354 e. The van der Waals surface area contributed by atoms with Crippen molar-refractivity contribution in [2.24, 2.45) is 0 Å². The molecule has 0 saturated heterocycles. The minimum absolute atomic E-state index is 0.164. The van der Waals surface area contributed by atoms with E-state index < -0.39 is 11.6 Å². The van der Waals surface area contributed by atoms with Crippen molar-refractivity contribution in [3.8, 4) is 0 Å². The molecule has 2 aromatic carbocycles. The number of hydrogen-bond acceptors (Lipinski definition) is 2. The zero-order valence-corrected chi connectivity index (χ0v) is 14.2. The molecular weight excluding hydrogens is 326 g/mol. The second-order valence-electron chi connectivity index (χ2n) is 5.72. The number of nitrogens with zero attached hydrogens (tertiary/aromatic N) is 1. The van der Waals surface area contributed by atoms with Crippen LogP contribution in [0, 0.1) is 18.6 Å². The molecule has 6 heteroatoms. The van der Waals surface area contributed by atoms with Gasteiger partial charge in [0.25, 0.3) is 0 Å². The quantitative estimate of drug-likeness (QED) is 0.874. The van der Waals surface area contributed by atoms with Gasteiger partial charge in [0, 0.05) is 31.8 Å². The second-order valence-corrected chi connectivity index (χ2v) is 5.72. The van der Waals surface area contributed by atoms with Crippen LogP contribution in [0.15, 0.2) is 42.5 Å². The first-order chi connectivity index (χ1) is 11.9. The predicted octanol–water partition coefficient (Wildman–Crippen LogP) is 2.99. The van der Waals surface area contributed by atoms with Crippen LogP contribution in [0.4, 0.5) is 14.5 Å². The van der Waals surface area contributed by atoms with Gasteiger partial charge < -0.3 is 10.2 Å². The van der Waals surface area contributed by atoms with Crippen LogP contribution in [0.3, 0.4) is 0 Å². The molecule has 0 heterocycles. The highest BCUT2D eigenvalue weighted by Crippen LogP contribution is 2.18. The first kappa shape index (κ1) is 18.6. The summed E-state index contributed by atoms with van der Waals surface area (Å²) in [4.78, 5) is 25.1. The van der Waals surface area contributed by atoms with E-state index in [1.807, 2.05) is 31.2 Å². The zero-order valence-electron chi connectivity index (χ0n) is 14.2. The van der Waals surface area contributed by atoms with E-state index in [4.69, 9.17) is 0 Å². The molecule has 4 nitrogen and oxygen atoms in total. The van der Waals surface area contributed by atoms with Gasteiger partial charge in [-0.3, -0.25) is 9.59 Å². The molecule has 25 heavy (non-hydrogen) atoms. The van der Waals surface area contributed by atoms with Gasteiger partial charge in [0.05, 0.1) is 6.42 Å². The number of nitrogens with one attached hydrogen (secondary N) is 1. The summed E-state index contributed by atoms with van der Waals surface area (Å²) in [5, 5.41) is 2.74. The van der Waals surface area contributed by atoms with Crippen LogP contribution in [0.5, 0.6) is 0 Å². The Labute approximate surface area is 145 Å². The molecule has 132 valence electrons. The molecule has 0 saturated carbocycles. The lowest BCUT2D eigenvalue weighted by atomic mass is 10.1. The Morgan fingerprint density at radius 1 is 1.08 bits per heavy atom. The van der Waals surface area contributed by atoms with Gasteiger partial charge in [-0.15, -0.1) is 0 Å². The second kappa shape index (κ2) is 8.37. The highest BCUT2D eigenvalue weighted by atomic mass is 19.2. The first-order valence-electron chi connectivity index (χ1n) is 7.93. The van der Waals surface area contributed by atoms with Crippen LogP contribution in [0.1, 0.15) is 18.1 Å². The van der Waals surface area contributed by atoms with Crippen molar-refractivity contribution in [1.82, 2.24) is 5.32 Å². The molecule has 0 bridgehead atoms. The predicted molar refractivity (Wildman–Crippen MR) is 92.3 cm³/mol. The van der Waals surface area contributed by atoms with Gasteiger partial charge in [-0.2, -0.15) is 0 Å². The van der Waals surface area contributed by atoms with E-state index in [-0.39, 0.29) is 37.0 Å². The summed E-state index contributed by atoms with van der Waals surface area (Å²) < 4.78 is 26.4. The van der Waals surface area contributed by atoms with E-state index >= 15 is 0 Å². The van der Waals surface area contributed by atoms with Crippen LogP contribution in [0.2, 0.25) is 0 Å². The molecule has 0 radical (unpaired) electrons.